The molecule has 0 atom stereocenters. The number of aromatic hydroxyl groups is 1. The first kappa shape index (κ1) is 18.6. The van der Waals surface area contributed by atoms with Crippen molar-refractivity contribution in [1.82, 2.24) is 10.6 Å². The Hall–Kier alpha value is -3.15. The smallest absolute Gasteiger partial charge is 0.191 e. The zero-order valence-corrected chi connectivity index (χ0v) is 15.9. The molecule has 0 aliphatic heterocycles. The monoisotopic (exact) mass is 367 g/mol. The molecule has 3 N–H and O–H groups in total. The molecular formula is C21H25N3O3. The molecule has 0 saturated heterocycles. The van der Waals surface area contributed by atoms with Crippen LogP contribution in [0.5, 0.6) is 11.5 Å². The molecule has 0 saturated carbocycles. The van der Waals surface area contributed by atoms with Crippen LogP contribution in [0.15, 0.2) is 51.9 Å². The van der Waals surface area contributed by atoms with Crippen LogP contribution in [0, 0.1) is 6.92 Å². The zero-order chi connectivity index (χ0) is 19.2. The van der Waals surface area contributed by atoms with Gasteiger partial charge in [0, 0.05) is 23.1 Å². The number of ether oxygens (including phenoxy) is 1. The quantitative estimate of drug-likeness (QED) is 0.457. The number of rotatable bonds is 6. The first-order chi connectivity index (χ1) is 13.1. The molecule has 6 heteroatoms. The van der Waals surface area contributed by atoms with Crippen molar-refractivity contribution < 1.29 is 14.3 Å². The summed E-state index contributed by atoms with van der Waals surface area (Å²) in [4.78, 5) is 4.56. The summed E-state index contributed by atoms with van der Waals surface area (Å²) in [7, 11) is 1.53. The molecule has 0 aliphatic rings. The molecule has 0 unspecified atom stereocenters. The normalized spacial score (nSPS) is 11.6. The fourth-order valence-electron chi connectivity index (χ4n) is 2.92. The Morgan fingerprint density at radius 2 is 1.96 bits per heavy atom. The third-order valence-electron chi connectivity index (χ3n) is 4.41. The van der Waals surface area contributed by atoms with Crippen molar-refractivity contribution in [2.45, 2.75) is 26.9 Å². The maximum absolute atomic E-state index is 10.2. The van der Waals surface area contributed by atoms with Gasteiger partial charge in [-0.3, -0.25) is 0 Å². The second-order valence-electron chi connectivity index (χ2n) is 6.16. The summed E-state index contributed by atoms with van der Waals surface area (Å²) in [6.07, 6.45) is 0. The summed E-state index contributed by atoms with van der Waals surface area (Å²) < 4.78 is 11.1. The second-order valence-corrected chi connectivity index (χ2v) is 6.16. The van der Waals surface area contributed by atoms with E-state index in [0.29, 0.717) is 30.4 Å². The molecule has 3 rings (SSSR count). The molecule has 0 amide bonds. The van der Waals surface area contributed by atoms with Gasteiger partial charge in [0.15, 0.2) is 17.5 Å². The van der Waals surface area contributed by atoms with Crippen LogP contribution in [0.2, 0.25) is 0 Å². The highest BCUT2D eigenvalue weighted by molar-refractivity contribution is 5.83. The Morgan fingerprint density at radius 1 is 1.15 bits per heavy atom. The lowest BCUT2D eigenvalue weighted by Crippen LogP contribution is -2.36. The van der Waals surface area contributed by atoms with Crippen LogP contribution in [0.1, 0.15) is 23.8 Å². The van der Waals surface area contributed by atoms with Gasteiger partial charge < -0.3 is 24.9 Å². The van der Waals surface area contributed by atoms with Crippen LogP contribution < -0.4 is 15.4 Å². The van der Waals surface area contributed by atoms with Crippen molar-refractivity contribution in [3.8, 4) is 11.5 Å². The number of aliphatic imine (C=N–C) groups is 1. The number of nitrogens with zero attached hydrogens (tertiary/aromatic N) is 1. The minimum atomic E-state index is 0.118. The summed E-state index contributed by atoms with van der Waals surface area (Å²) in [5.41, 5.74) is 2.71. The van der Waals surface area contributed by atoms with Gasteiger partial charge in [0.25, 0.3) is 0 Å². The largest absolute Gasteiger partial charge is 0.504 e. The van der Waals surface area contributed by atoms with Crippen molar-refractivity contribution >= 4 is 16.9 Å². The summed E-state index contributed by atoms with van der Waals surface area (Å²) in [5.74, 6) is 2.09. The third kappa shape index (κ3) is 4.16. The van der Waals surface area contributed by atoms with E-state index in [4.69, 9.17) is 9.15 Å². The Labute approximate surface area is 158 Å². The number of hydrogen-bond acceptors (Lipinski definition) is 4. The van der Waals surface area contributed by atoms with Gasteiger partial charge in [-0.25, -0.2) is 4.99 Å². The standard InChI is InChI=1S/C21H25N3O3/c1-4-22-21(23-12-15-8-7-11-18(26-3)20(15)25)24-13-19-14(2)16-9-5-6-10-17(16)27-19/h5-11,25H,4,12-13H2,1-3H3,(H2,22,23,24). The van der Waals surface area contributed by atoms with E-state index in [1.807, 2.05) is 37.3 Å². The molecule has 1 heterocycles. The van der Waals surface area contributed by atoms with E-state index in [-0.39, 0.29) is 5.75 Å². The minimum Gasteiger partial charge on any atom is -0.504 e. The first-order valence-corrected chi connectivity index (χ1v) is 8.98. The molecule has 0 radical (unpaired) electrons. The Morgan fingerprint density at radius 3 is 2.70 bits per heavy atom. The van der Waals surface area contributed by atoms with E-state index in [1.54, 1.807) is 6.07 Å². The first-order valence-electron chi connectivity index (χ1n) is 8.98. The maximum atomic E-state index is 10.2. The zero-order valence-electron chi connectivity index (χ0n) is 15.9. The predicted molar refractivity (Wildman–Crippen MR) is 107 cm³/mol. The van der Waals surface area contributed by atoms with Crippen LogP contribution in [0.25, 0.3) is 11.0 Å². The second kappa shape index (κ2) is 8.49. The van der Waals surface area contributed by atoms with E-state index >= 15 is 0 Å². The molecule has 0 aliphatic carbocycles. The van der Waals surface area contributed by atoms with Crippen molar-refractivity contribution in [2.24, 2.45) is 4.99 Å². The molecule has 3 aromatic rings. The fraction of sp³-hybridized carbons (Fsp3) is 0.286. The van der Waals surface area contributed by atoms with Gasteiger partial charge in [0.2, 0.25) is 0 Å². The highest BCUT2D eigenvalue weighted by atomic mass is 16.5. The summed E-state index contributed by atoms with van der Waals surface area (Å²) >= 11 is 0. The summed E-state index contributed by atoms with van der Waals surface area (Å²) in [5, 5.41) is 17.8. The molecular weight excluding hydrogens is 342 g/mol. The highest BCUT2D eigenvalue weighted by Crippen LogP contribution is 2.29. The topological polar surface area (TPSA) is 79.0 Å². The molecule has 0 spiro atoms. The van der Waals surface area contributed by atoms with Crippen LogP contribution >= 0.6 is 0 Å². The highest BCUT2D eigenvalue weighted by Gasteiger charge is 2.11. The van der Waals surface area contributed by atoms with E-state index in [9.17, 15) is 5.11 Å². The number of methoxy groups -OCH3 is 1. The van der Waals surface area contributed by atoms with E-state index in [2.05, 4.69) is 28.6 Å². The lowest BCUT2D eigenvalue weighted by Gasteiger charge is -2.11. The molecule has 142 valence electrons. The van der Waals surface area contributed by atoms with Crippen molar-refractivity contribution in [2.75, 3.05) is 13.7 Å². The lowest BCUT2D eigenvalue weighted by molar-refractivity contribution is 0.370. The SMILES string of the molecule is CCNC(=NCc1cccc(OC)c1O)NCc1oc2ccccc2c1C. The van der Waals surface area contributed by atoms with Gasteiger partial charge in [-0.15, -0.1) is 0 Å². The number of benzene rings is 2. The van der Waals surface area contributed by atoms with E-state index < -0.39 is 0 Å². The third-order valence-corrected chi connectivity index (χ3v) is 4.41. The molecule has 2 aromatic carbocycles. The molecule has 0 bridgehead atoms. The maximum Gasteiger partial charge on any atom is 0.191 e. The van der Waals surface area contributed by atoms with Gasteiger partial charge in [0.05, 0.1) is 20.2 Å². The van der Waals surface area contributed by atoms with Crippen molar-refractivity contribution in [3.63, 3.8) is 0 Å². The average molecular weight is 367 g/mol. The minimum absolute atomic E-state index is 0.118. The Kier molecular flexibility index (Phi) is 5.86. The van der Waals surface area contributed by atoms with Gasteiger partial charge in [0.1, 0.15) is 11.3 Å². The van der Waals surface area contributed by atoms with Crippen molar-refractivity contribution in [1.29, 1.82) is 0 Å². The number of nitrogens with one attached hydrogen (secondary N) is 2. The van der Waals surface area contributed by atoms with Crippen LogP contribution in [0.3, 0.4) is 0 Å². The average Bonchev–Trinajstić information content (AvgIpc) is 3.01. The van der Waals surface area contributed by atoms with Gasteiger partial charge in [-0.2, -0.15) is 0 Å². The van der Waals surface area contributed by atoms with Crippen molar-refractivity contribution in [3.05, 3.63) is 59.4 Å². The van der Waals surface area contributed by atoms with Gasteiger partial charge in [-0.05, 0) is 26.0 Å². The van der Waals surface area contributed by atoms with Crippen LogP contribution in [-0.4, -0.2) is 24.7 Å². The number of fused-ring (bicyclic) bond motifs is 1. The fourth-order valence-corrected chi connectivity index (χ4v) is 2.92. The van der Waals surface area contributed by atoms with E-state index in [1.165, 1.54) is 7.11 Å². The van der Waals surface area contributed by atoms with Crippen LogP contribution in [0.4, 0.5) is 0 Å². The number of phenols is 1. The number of aryl methyl sites for hydroxylation is 1. The predicted octanol–water partition coefficient (Wildman–Crippen LogP) is 3.71. The van der Waals surface area contributed by atoms with Gasteiger partial charge >= 0.3 is 0 Å². The van der Waals surface area contributed by atoms with Crippen LogP contribution in [-0.2, 0) is 13.1 Å². The Bertz CT molecular complexity index is 947. The number of phenolic OH excluding ortho intramolecular Hbond substituents is 1. The van der Waals surface area contributed by atoms with E-state index in [0.717, 1.165) is 28.8 Å². The van der Waals surface area contributed by atoms with Gasteiger partial charge in [-0.1, -0.05) is 30.3 Å². The Balaban J connectivity index is 1.73. The summed E-state index contributed by atoms with van der Waals surface area (Å²) in [6.45, 7) is 5.65. The molecule has 1 aromatic heterocycles. The lowest BCUT2D eigenvalue weighted by atomic mass is 10.1. The molecule has 0 fully saturated rings. The number of para-hydroxylation sites is 2. The summed E-state index contributed by atoms with van der Waals surface area (Å²) in [6, 6.07) is 13.4. The molecule has 27 heavy (non-hydrogen) atoms. The molecule has 6 nitrogen and oxygen atoms in total. The number of guanidine groups is 1. The number of hydrogen-bond donors (Lipinski definition) is 3. The number of furan rings is 1.